The lowest BCUT2D eigenvalue weighted by atomic mass is 10.2. The smallest absolute Gasteiger partial charge is 0.255 e. The van der Waals surface area contributed by atoms with Gasteiger partial charge < -0.3 is 15.5 Å². The van der Waals surface area contributed by atoms with Crippen LogP contribution in [0.5, 0.6) is 0 Å². The van der Waals surface area contributed by atoms with Gasteiger partial charge in [-0.2, -0.15) is 0 Å². The molecule has 2 amide bonds. The predicted molar refractivity (Wildman–Crippen MR) is 96.5 cm³/mol. The van der Waals surface area contributed by atoms with Crippen LogP contribution in [0.25, 0.3) is 0 Å². The largest absolute Gasteiger partial charge is 0.378 e. The number of anilines is 3. The number of hydrogen-bond acceptors (Lipinski definition) is 3. The molecule has 24 heavy (non-hydrogen) atoms. The van der Waals surface area contributed by atoms with E-state index in [-0.39, 0.29) is 17.7 Å². The monoisotopic (exact) mass is 323 g/mol. The Morgan fingerprint density at radius 1 is 0.875 bits per heavy atom. The molecule has 2 aromatic rings. The summed E-state index contributed by atoms with van der Waals surface area (Å²) >= 11 is 0. The normalized spacial score (nSPS) is 13.2. The third-order valence-electron chi connectivity index (χ3n) is 4.00. The van der Waals surface area contributed by atoms with Crippen LogP contribution in [0.1, 0.15) is 23.2 Å². The third-order valence-corrected chi connectivity index (χ3v) is 4.00. The zero-order valence-corrected chi connectivity index (χ0v) is 13.9. The van der Waals surface area contributed by atoms with E-state index in [2.05, 4.69) is 10.6 Å². The Labute approximate surface area is 141 Å². The van der Waals surface area contributed by atoms with Crippen molar-refractivity contribution in [3.05, 3.63) is 54.1 Å². The van der Waals surface area contributed by atoms with Gasteiger partial charge in [0.05, 0.1) is 0 Å². The molecule has 2 aromatic carbocycles. The van der Waals surface area contributed by atoms with Crippen LogP contribution in [0.4, 0.5) is 17.1 Å². The summed E-state index contributed by atoms with van der Waals surface area (Å²) in [5.41, 5.74) is 3.09. The molecular formula is C19H21N3O2. The van der Waals surface area contributed by atoms with Gasteiger partial charge in [0, 0.05) is 42.6 Å². The van der Waals surface area contributed by atoms with E-state index in [1.54, 1.807) is 36.4 Å². The summed E-state index contributed by atoms with van der Waals surface area (Å²) in [7, 11) is 3.91. The first-order valence-corrected chi connectivity index (χ1v) is 8.02. The van der Waals surface area contributed by atoms with Gasteiger partial charge in [-0.1, -0.05) is 0 Å². The molecule has 5 heteroatoms. The summed E-state index contributed by atoms with van der Waals surface area (Å²) < 4.78 is 0. The number of carbonyl (C=O) groups is 2. The van der Waals surface area contributed by atoms with Crippen molar-refractivity contribution in [3.8, 4) is 0 Å². The van der Waals surface area contributed by atoms with E-state index in [0.717, 1.165) is 24.2 Å². The van der Waals surface area contributed by atoms with Crippen molar-refractivity contribution in [2.45, 2.75) is 12.8 Å². The lowest BCUT2D eigenvalue weighted by molar-refractivity contribution is -0.117. The fourth-order valence-corrected chi connectivity index (χ4v) is 2.34. The SMILES string of the molecule is CN(C)c1ccc(C(=O)Nc2ccc(NC(=O)C3CC3)cc2)cc1. The van der Waals surface area contributed by atoms with E-state index in [1.807, 2.05) is 31.1 Å². The average molecular weight is 323 g/mol. The Bertz CT molecular complexity index is 732. The van der Waals surface area contributed by atoms with E-state index in [9.17, 15) is 9.59 Å². The Morgan fingerprint density at radius 2 is 1.42 bits per heavy atom. The minimum absolute atomic E-state index is 0.0766. The highest BCUT2D eigenvalue weighted by molar-refractivity contribution is 6.04. The summed E-state index contributed by atoms with van der Waals surface area (Å²) in [4.78, 5) is 26.0. The molecule has 1 aliphatic rings. The number of nitrogens with one attached hydrogen (secondary N) is 2. The van der Waals surface area contributed by atoms with Crippen molar-refractivity contribution in [3.63, 3.8) is 0 Å². The highest BCUT2D eigenvalue weighted by Crippen LogP contribution is 2.30. The lowest BCUT2D eigenvalue weighted by Gasteiger charge is -2.12. The molecule has 0 heterocycles. The maximum atomic E-state index is 12.3. The summed E-state index contributed by atoms with van der Waals surface area (Å²) in [5, 5.41) is 5.73. The minimum atomic E-state index is -0.157. The van der Waals surface area contributed by atoms with E-state index in [4.69, 9.17) is 0 Å². The standard InChI is InChI=1S/C19H21N3O2/c1-22(2)17-11-5-14(6-12-17)19(24)21-16-9-7-15(8-10-16)20-18(23)13-3-4-13/h5-13H,3-4H2,1-2H3,(H,20,23)(H,21,24). The molecular weight excluding hydrogens is 302 g/mol. The van der Waals surface area contributed by atoms with E-state index < -0.39 is 0 Å². The maximum Gasteiger partial charge on any atom is 0.255 e. The van der Waals surface area contributed by atoms with Crippen LogP contribution < -0.4 is 15.5 Å². The Morgan fingerprint density at radius 3 is 1.92 bits per heavy atom. The fourth-order valence-electron chi connectivity index (χ4n) is 2.34. The van der Waals surface area contributed by atoms with Crippen molar-refractivity contribution in [2.75, 3.05) is 29.6 Å². The molecule has 1 saturated carbocycles. The molecule has 0 spiro atoms. The number of hydrogen-bond donors (Lipinski definition) is 2. The molecule has 0 atom stereocenters. The van der Waals surface area contributed by atoms with Crippen LogP contribution in [-0.4, -0.2) is 25.9 Å². The van der Waals surface area contributed by atoms with Crippen LogP contribution in [-0.2, 0) is 4.79 Å². The Hall–Kier alpha value is -2.82. The molecule has 0 aliphatic heterocycles. The maximum absolute atomic E-state index is 12.3. The van der Waals surface area contributed by atoms with Gasteiger partial charge in [-0.25, -0.2) is 0 Å². The molecule has 0 bridgehead atoms. The van der Waals surface area contributed by atoms with Gasteiger partial charge in [0.15, 0.2) is 0 Å². The molecule has 0 saturated heterocycles. The number of rotatable bonds is 5. The van der Waals surface area contributed by atoms with Crippen molar-refractivity contribution in [2.24, 2.45) is 5.92 Å². The first kappa shape index (κ1) is 16.1. The number of nitrogens with zero attached hydrogens (tertiary/aromatic N) is 1. The van der Waals surface area contributed by atoms with Crippen molar-refractivity contribution in [1.29, 1.82) is 0 Å². The van der Waals surface area contributed by atoms with E-state index in [0.29, 0.717) is 11.3 Å². The van der Waals surface area contributed by atoms with Gasteiger partial charge in [-0.05, 0) is 61.4 Å². The van der Waals surface area contributed by atoms with Gasteiger partial charge in [-0.15, -0.1) is 0 Å². The first-order valence-electron chi connectivity index (χ1n) is 8.02. The van der Waals surface area contributed by atoms with Crippen LogP contribution >= 0.6 is 0 Å². The van der Waals surface area contributed by atoms with Gasteiger partial charge in [0.2, 0.25) is 5.91 Å². The van der Waals surface area contributed by atoms with Crippen LogP contribution in [0.2, 0.25) is 0 Å². The van der Waals surface area contributed by atoms with Crippen LogP contribution in [0, 0.1) is 5.92 Å². The summed E-state index contributed by atoms with van der Waals surface area (Å²) in [5.74, 6) is 0.0948. The second-order valence-corrected chi connectivity index (χ2v) is 6.24. The topological polar surface area (TPSA) is 61.4 Å². The quantitative estimate of drug-likeness (QED) is 0.887. The van der Waals surface area contributed by atoms with Crippen LogP contribution in [0.15, 0.2) is 48.5 Å². The molecule has 124 valence electrons. The number of carbonyl (C=O) groups excluding carboxylic acids is 2. The molecule has 0 unspecified atom stereocenters. The molecule has 0 aromatic heterocycles. The van der Waals surface area contributed by atoms with Crippen molar-refractivity contribution in [1.82, 2.24) is 0 Å². The second kappa shape index (κ2) is 6.74. The third kappa shape index (κ3) is 3.93. The Kier molecular flexibility index (Phi) is 4.51. The van der Waals surface area contributed by atoms with Gasteiger partial charge in [0.25, 0.3) is 5.91 Å². The van der Waals surface area contributed by atoms with Crippen molar-refractivity contribution >= 4 is 28.9 Å². The van der Waals surface area contributed by atoms with Crippen LogP contribution in [0.3, 0.4) is 0 Å². The average Bonchev–Trinajstić information content (AvgIpc) is 3.41. The molecule has 0 radical (unpaired) electrons. The highest BCUT2D eigenvalue weighted by Gasteiger charge is 2.29. The highest BCUT2D eigenvalue weighted by atomic mass is 16.2. The van der Waals surface area contributed by atoms with Gasteiger partial charge >= 0.3 is 0 Å². The molecule has 2 N–H and O–H groups in total. The molecule has 1 aliphatic carbocycles. The first-order chi connectivity index (χ1) is 11.5. The lowest BCUT2D eigenvalue weighted by Crippen LogP contribution is -2.14. The molecule has 5 nitrogen and oxygen atoms in total. The summed E-state index contributed by atoms with van der Waals surface area (Å²) in [6.45, 7) is 0. The van der Waals surface area contributed by atoms with E-state index in [1.165, 1.54) is 0 Å². The van der Waals surface area contributed by atoms with Gasteiger partial charge in [-0.3, -0.25) is 9.59 Å². The molecule has 3 rings (SSSR count). The van der Waals surface area contributed by atoms with Crippen molar-refractivity contribution < 1.29 is 9.59 Å². The van der Waals surface area contributed by atoms with Gasteiger partial charge in [0.1, 0.15) is 0 Å². The zero-order chi connectivity index (χ0) is 17.1. The Balaban J connectivity index is 1.60. The minimum Gasteiger partial charge on any atom is -0.378 e. The molecule has 1 fully saturated rings. The number of amides is 2. The second-order valence-electron chi connectivity index (χ2n) is 6.24. The van der Waals surface area contributed by atoms with E-state index >= 15 is 0 Å². The summed E-state index contributed by atoms with van der Waals surface area (Å²) in [6.07, 6.45) is 1.96. The number of benzene rings is 2. The zero-order valence-electron chi connectivity index (χ0n) is 13.9. The predicted octanol–water partition coefficient (Wildman–Crippen LogP) is 3.35. The fraction of sp³-hybridized carbons (Fsp3) is 0.263. The summed E-state index contributed by atoms with van der Waals surface area (Å²) in [6, 6.07) is 14.6.